The number of hydrogen-bond acceptors (Lipinski definition) is 3. The van der Waals surface area contributed by atoms with Gasteiger partial charge in [-0.25, -0.2) is 4.98 Å². The van der Waals surface area contributed by atoms with Crippen LogP contribution in [0.25, 0.3) is 11.0 Å². The third-order valence-electron chi connectivity index (χ3n) is 3.96. The summed E-state index contributed by atoms with van der Waals surface area (Å²) in [6, 6.07) is 15.7. The van der Waals surface area contributed by atoms with Crippen LogP contribution >= 0.6 is 0 Å². The first-order valence-electron chi connectivity index (χ1n) is 8.02. The number of nitrogens with zero attached hydrogens (tertiary/aromatic N) is 2. The highest BCUT2D eigenvalue weighted by Gasteiger charge is 2.08. The van der Waals surface area contributed by atoms with Crippen molar-refractivity contribution in [2.75, 3.05) is 13.2 Å². The zero-order valence-electron chi connectivity index (χ0n) is 14.0. The van der Waals surface area contributed by atoms with Crippen LogP contribution in [-0.4, -0.2) is 28.6 Å². The normalized spacial score (nSPS) is 10.8. The van der Waals surface area contributed by atoms with E-state index in [1.165, 1.54) is 0 Å². The number of carbonyl (C=O) groups is 1. The predicted molar refractivity (Wildman–Crippen MR) is 94.2 cm³/mol. The summed E-state index contributed by atoms with van der Waals surface area (Å²) in [6.07, 6.45) is 0. The molecule has 0 aliphatic rings. The van der Waals surface area contributed by atoms with Crippen LogP contribution in [0.3, 0.4) is 0 Å². The van der Waals surface area contributed by atoms with Gasteiger partial charge in [-0.2, -0.15) is 0 Å². The molecule has 0 fully saturated rings. The van der Waals surface area contributed by atoms with Crippen LogP contribution in [0.1, 0.15) is 11.4 Å². The second kappa shape index (κ2) is 7.17. The number of aromatic nitrogens is 2. The molecule has 0 spiro atoms. The maximum Gasteiger partial charge on any atom is 0.258 e. The Balaban J connectivity index is 1.51. The van der Waals surface area contributed by atoms with E-state index in [1.54, 1.807) is 0 Å². The highest BCUT2D eigenvalue weighted by Crippen LogP contribution is 2.16. The van der Waals surface area contributed by atoms with Crippen molar-refractivity contribution in [1.82, 2.24) is 14.9 Å². The molecule has 5 nitrogen and oxygen atoms in total. The third kappa shape index (κ3) is 3.56. The molecular formula is C19H21N3O2. The smallest absolute Gasteiger partial charge is 0.258 e. The standard InChI is InChI=1S/C19H21N3O2/c1-14-7-3-6-10-18(14)24-13-19(23)20-11-12-22-15(2)21-16-8-4-5-9-17(16)22/h3-10H,11-13H2,1-2H3,(H,20,23). The fourth-order valence-corrected chi connectivity index (χ4v) is 2.70. The Hall–Kier alpha value is -2.82. The zero-order valence-corrected chi connectivity index (χ0v) is 14.0. The molecule has 0 radical (unpaired) electrons. The van der Waals surface area contributed by atoms with Gasteiger partial charge in [-0.3, -0.25) is 4.79 Å². The summed E-state index contributed by atoms with van der Waals surface area (Å²) in [5.74, 6) is 1.56. The van der Waals surface area contributed by atoms with Crippen molar-refractivity contribution in [3.63, 3.8) is 0 Å². The largest absolute Gasteiger partial charge is 0.484 e. The number of para-hydroxylation sites is 3. The molecule has 1 aromatic heterocycles. The fourth-order valence-electron chi connectivity index (χ4n) is 2.70. The molecule has 0 bridgehead atoms. The lowest BCUT2D eigenvalue weighted by atomic mass is 10.2. The topological polar surface area (TPSA) is 56.1 Å². The molecule has 0 saturated carbocycles. The molecule has 0 aliphatic carbocycles. The Morgan fingerprint density at radius 2 is 1.88 bits per heavy atom. The van der Waals surface area contributed by atoms with Crippen LogP contribution in [0.2, 0.25) is 0 Å². The molecule has 24 heavy (non-hydrogen) atoms. The van der Waals surface area contributed by atoms with Crippen molar-refractivity contribution < 1.29 is 9.53 Å². The molecule has 3 aromatic rings. The SMILES string of the molecule is Cc1ccccc1OCC(=O)NCCn1c(C)nc2ccccc21. The highest BCUT2D eigenvalue weighted by atomic mass is 16.5. The summed E-state index contributed by atoms with van der Waals surface area (Å²) in [5.41, 5.74) is 3.08. The van der Waals surface area contributed by atoms with Crippen LogP contribution in [0.4, 0.5) is 0 Å². The van der Waals surface area contributed by atoms with E-state index in [9.17, 15) is 4.79 Å². The van der Waals surface area contributed by atoms with Crippen LogP contribution in [-0.2, 0) is 11.3 Å². The lowest BCUT2D eigenvalue weighted by Gasteiger charge is -2.10. The van der Waals surface area contributed by atoms with Gasteiger partial charge in [0, 0.05) is 13.1 Å². The van der Waals surface area contributed by atoms with Crippen LogP contribution in [0.15, 0.2) is 48.5 Å². The first-order chi connectivity index (χ1) is 11.6. The van der Waals surface area contributed by atoms with Gasteiger partial charge in [-0.05, 0) is 37.6 Å². The van der Waals surface area contributed by atoms with Gasteiger partial charge in [0.05, 0.1) is 11.0 Å². The van der Waals surface area contributed by atoms with E-state index in [0.29, 0.717) is 13.1 Å². The molecule has 5 heteroatoms. The van der Waals surface area contributed by atoms with E-state index in [0.717, 1.165) is 28.2 Å². The highest BCUT2D eigenvalue weighted by molar-refractivity contribution is 5.78. The monoisotopic (exact) mass is 323 g/mol. The number of ether oxygens (including phenoxy) is 1. The van der Waals surface area contributed by atoms with Gasteiger partial charge in [0.2, 0.25) is 0 Å². The average Bonchev–Trinajstić information content (AvgIpc) is 2.90. The molecule has 0 atom stereocenters. The summed E-state index contributed by atoms with van der Waals surface area (Å²) in [7, 11) is 0. The van der Waals surface area contributed by atoms with Crippen molar-refractivity contribution in [1.29, 1.82) is 0 Å². The van der Waals surface area contributed by atoms with Gasteiger partial charge in [0.15, 0.2) is 6.61 Å². The van der Waals surface area contributed by atoms with Crippen molar-refractivity contribution in [2.45, 2.75) is 20.4 Å². The second-order valence-electron chi connectivity index (χ2n) is 5.70. The first kappa shape index (κ1) is 16.1. The first-order valence-corrected chi connectivity index (χ1v) is 8.02. The van der Waals surface area contributed by atoms with Gasteiger partial charge in [0.25, 0.3) is 5.91 Å². The summed E-state index contributed by atoms with van der Waals surface area (Å²) in [4.78, 5) is 16.5. The predicted octanol–water partition coefficient (Wildman–Crippen LogP) is 2.85. The molecule has 0 aliphatic heterocycles. The van der Waals surface area contributed by atoms with E-state index in [-0.39, 0.29) is 12.5 Å². The number of amides is 1. The lowest BCUT2D eigenvalue weighted by molar-refractivity contribution is -0.123. The fraction of sp³-hybridized carbons (Fsp3) is 0.263. The Kier molecular flexibility index (Phi) is 4.79. The second-order valence-corrected chi connectivity index (χ2v) is 5.70. The number of fused-ring (bicyclic) bond motifs is 1. The maximum atomic E-state index is 11.9. The van der Waals surface area contributed by atoms with Crippen molar-refractivity contribution in [2.24, 2.45) is 0 Å². The number of benzene rings is 2. The van der Waals surface area contributed by atoms with Gasteiger partial charge < -0.3 is 14.6 Å². The van der Waals surface area contributed by atoms with Crippen LogP contribution < -0.4 is 10.1 Å². The minimum Gasteiger partial charge on any atom is -0.484 e. The molecule has 1 heterocycles. The van der Waals surface area contributed by atoms with Gasteiger partial charge in [-0.15, -0.1) is 0 Å². The molecule has 0 unspecified atom stereocenters. The molecular weight excluding hydrogens is 302 g/mol. The minimum atomic E-state index is -0.125. The maximum absolute atomic E-state index is 11.9. The third-order valence-corrected chi connectivity index (χ3v) is 3.96. The number of carbonyl (C=O) groups excluding carboxylic acids is 1. The Morgan fingerprint density at radius 1 is 1.12 bits per heavy atom. The Labute approximate surface area is 141 Å². The number of hydrogen-bond donors (Lipinski definition) is 1. The van der Waals surface area contributed by atoms with Gasteiger partial charge >= 0.3 is 0 Å². The van der Waals surface area contributed by atoms with Crippen LogP contribution in [0.5, 0.6) is 5.75 Å². The summed E-state index contributed by atoms with van der Waals surface area (Å²) >= 11 is 0. The summed E-state index contributed by atoms with van der Waals surface area (Å²) in [5, 5.41) is 2.89. The molecule has 1 N–H and O–H groups in total. The molecule has 124 valence electrons. The van der Waals surface area contributed by atoms with E-state index in [2.05, 4.69) is 14.9 Å². The van der Waals surface area contributed by atoms with Crippen molar-refractivity contribution in [3.8, 4) is 5.75 Å². The number of rotatable bonds is 6. The van der Waals surface area contributed by atoms with E-state index >= 15 is 0 Å². The molecule has 2 aromatic carbocycles. The number of nitrogens with one attached hydrogen (secondary N) is 1. The lowest BCUT2D eigenvalue weighted by Crippen LogP contribution is -2.31. The Bertz CT molecular complexity index is 855. The van der Waals surface area contributed by atoms with E-state index in [4.69, 9.17) is 4.74 Å². The van der Waals surface area contributed by atoms with Gasteiger partial charge in [0.1, 0.15) is 11.6 Å². The van der Waals surface area contributed by atoms with E-state index < -0.39 is 0 Å². The zero-order chi connectivity index (χ0) is 16.9. The average molecular weight is 323 g/mol. The summed E-state index contributed by atoms with van der Waals surface area (Å²) < 4.78 is 7.66. The molecule has 0 saturated heterocycles. The number of aryl methyl sites for hydroxylation is 2. The van der Waals surface area contributed by atoms with E-state index in [1.807, 2.05) is 62.4 Å². The number of imidazole rings is 1. The molecule has 1 amide bonds. The van der Waals surface area contributed by atoms with Crippen molar-refractivity contribution in [3.05, 3.63) is 59.9 Å². The Morgan fingerprint density at radius 3 is 2.71 bits per heavy atom. The van der Waals surface area contributed by atoms with Gasteiger partial charge in [-0.1, -0.05) is 30.3 Å². The summed E-state index contributed by atoms with van der Waals surface area (Å²) in [6.45, 7) is 5.18. The molecule has 3 rings (SSSR count). The van der Waals surface area contributed by atoms with Crippen molar-refractivity contribution >= 4 is 16.9 Å². The minimum absolute atomic E-state index is 0.0223. The van der Waals surface area contributed by atoms with Crippen LogP contribution in [0, 0.1) is 13.8 Å². The quantitative estimate of drug-likeness (QED) is 0.759.